The van der Waals surface area contributed by atoms with E-state index in [9.17, 15) is 16.8 Å². The molecule has 0 aromatic rings. The summed E-state index contributed by atoms with van der Waals surface area (Å²) in [6.45, 7) is 4.14. The van der Waals surface area contributed by atoms with Crippen molar-refractivity contribution in [2.75, 3.05) is 0 Å². The topological polar surface area (TPSA) is 86.7 Å². The molecule has 0 amide bonds. The van der Waals surface area contributed by atoms with E-state index in [2.05, 4.69) is 14.9 Å². The van der Waals surface area contributed by atoms with Gasteiger partial charge in [-0.25, -0.2) is 8.37 Å². The Morgan fingerprint density at radius 2 is 1.54 bits per heavy atom. The van der Waals surface area contributed by atoms with Crippen molar-refractivity contribution >= 4 is 20.2 Å². The molecule has 6 nitrogen and oxygen atoms in total. The van der Waals surface area contributed by atoms with Crippen LogP contribution in [-0.4, -0.2) is 27.7 Å². The Morgan fingerprint density at radius 1 is 1.15 bits per heavy atom. The van der Waals surface area contributed by atoms with Crippen LogP contribution < -0.4 is 0 Å². The number of hydrogen-bond acceptors (Lipinski definition) is 6. The van der Waals surface area contributed by atoms with Crippen molar-refractivity contribution in [1.82, 2.24) is 0 Å². The number of rotatable bonds is 1. The van der Waals surface area contributed by atoms with Crippen molar-refractivity contribution in [1.29, 1.82) is 0 Å². The summed E-state index contributed by atoms with van der Waals surface area (Å²) in [5.41, 5.74) is 0. The molecule has 76 valence electrons. The van der Waals surface area contributed by atoms with Crippen molar-refractivity contribution in [2.45, 2.75) is 17.8 Å². The summed E-state index contributed by atoms with van der Waals surface area (Å²) in [7, 11) is -8.23. The lowest BCUT2D eigenvalue weighted by Gasteiger charge is -2.23. The molecule has 0 saturated carbocycles. The maximum atomic E-state index is 11.0. The number of hydrogen-bond donors (Lipinski definition) is 0. The molecule has 0 aromatic carbocycles. The van der Waals surface area contributed by atoms with Gasteiger partial charge in [0.05, 0.1) is 0 Å². The predicted octanol–water partition coefficient (Wildman–Crippen LogP) is -0.449. The average Bonchev–Trinajstić information content (AvgIpc) is 1.99. The fourth-order valence-electron chi connectivity index (χ4n) is 0.660. The molecule has 0 bridgehead atoms. The Bertz CT molecular complexity index is 368. The monoisotopic (exact) mass is 228 g/mol. The Hall–Kier alpha value is -0.440. The van der Waals surface area contributed by atoms with Crippen LogP contribution in [0.2, 0.25) is 0 Å². The normalized spacial score (nSPS) is 36.7. The zero-order valence-electron chi connectivity index (χ0n) is 6.71. The molecule has 1 rings (SSSR count). The van der Waals surface area contributed by atoms with Crippen LogP contribution in [0, 0.1) is 0 Å². The van der Waals surface area contributed by atoms with Crippen LogP contribution in [0.15, 0.2) is 12.7 Å². The van der Waals surface area contributed by atoms with Gasteiger partial charge in [-0.05, 0) is 13.0 Å². The minimum Gasteiger partial charge on any atom is -0.232 e. The smallest absolute Gasteiger partial charge is 0.232 e. The Kier molecular flexibility index (Phi) is 2.50. The molecule has 0 radical (unpaired) electrons. The summed E-state index contributed by atoms with van der Waals surface area (Å²) < 4.78 is 51.1. The molecule has 1 heterocycles. The second-order valence-electron chi connectivity index (χ2n) is 2.35. The SMILES string of the molecule is C=CC1OS(=O)(=O)C(C)S(=O)(=O)O1. The van der Waals surface area contributed by atoms with Gasteiger partial charge >= 0.3 is 0 Å². The van der Waals surface area contributed by atoms with E-state index >= 15 is 0 Å². The Labute approximate surface area is 76.4 Å². The summed E-state index contributed by atoms with van der Waals surface area (Å²) in [6, 6.07) is 0. The van der Waals surface area contributed by atoms with Gasteiger partial charge in [-0.2, -0.15) is 16.8 Å². The van der Waals surface area contributed by atoms with E-state index in [1.807, 2.05) is 0 Å². The van der Waals surface area contributed by atoms with E-state index in [0.717, 1.165) is 13.0 Å². The molecule has 0 spiro atoms. The highest BCUT2D eigenvalue weighted by molar-refractivity contribution is 8.05. The summed E-state index contributed by atoms with van der Waals surface area (Å²) in [4.78, 5) is 0. The summed E-state index contributed by atoms with van der Waals surface area (Å²) >= 11 is 0. The second kappa shape index (κ2) is 3.05. The Balaban J connectivity index is 3.17. The van der Waals surface area contributed by atoms with Crippen LogP contribution in [0.3, 0.4) is 0 Å². The average molecular weight is 228 g/mol. The highest BCUT2D eigenvalue weighted by Gasteiger charge is 2.43. The van der Waals surface area contributed by atoms with Crippen LogP contribution >= 0.6 is 0 Å². The van der Waals surface area contributed by atoms with Crippen molar-refractivity contribution in [2.24, 2.45) is 0 Å². The van der Waals surface area contributed by atoms with Gasteiger partial charge in [-0.15, -0.1) is 0 Å². The van der Waals surface area contributed by atoms with Crippen molar-refractivity contribution < 1.29 is 25.2 Å². The van der Waals surface area contributed by atoms with Gasteiger partial charge in [0.2, 0.25) is 10.9 Å². The molecule has 1 fully saturated rings. The quantitative estimate of drug-likeness (QED) is 0.446. The standard InChI is InChI=1S/C5H8O6S2/c1-3-5-10-12(6,7)4(2)13(8,9)11-5/h3-5H,1H2,2H3. The summed E-state index contributed by atoms with van der Waals surface area (Å²) in [5.74, 6) is 0. The van der Waals surface area contributed by atoms with Crippen molar-refractivity contribution in [3.63, 3.8) is 0 Å². The maximum absolute atomic E-state index is 11.0. The van der Waals surface area contributed by atoms with Gasteiger partial charge in [0.25, 0.3) is 20.2 Å². The van der Waals surface area contributed by atoms with Crippen LogP contribution in [-0.2, 0) is 28.6 Å². The largest absolute Gasteiger partial charge is 0.289 e. The molecule has 0 unspecified atom stereocenters. The third-order valence-electron chi connectivity index (χ3n) is 1.46. The first kappa shape index (κ1) is 10.6. The molecule has 13 heavy (non-hydrogen) atoms. The van der Waals surface area contributed by atoms with Gasteiger partial charge in [0.1, 0.15) is 0 Å². The van der Waals surface area contributed by atoms with Crippen LogP contribution in [0.1, 0.15) is 6.92 Å². The molecule has 0 atom stereocenters. The van der Waals surface area contributed by atoms with E-state index < -0.39 is 31.1 Å². The molecule has 8 heteroatoms. The lowest BCUT2D eigenvalue weighted by Crippen LogP contribution is -2.41. The van der Waals surface area contributed by atoms with Crippen molar-refractivity contribution in [3.05, 3.63) is 12.7 Å². The van der Waals surface area contributed by atoms with E-state index in [1.54, 1.807) is 0 Å². The van der Waals surface area contributed by atoms with Crippen LogP contribution in [0.4, 0.5) is 0 Å². The van der Waals surface area contributed by atoms with E-state index in [1.165, 1.54) is 0 Å². The minimum atomic E-state index is -4.11. The predicted molar refractivity (Wildman–Crippen MR) is 43.5 cm³/mol. The molecule has 0 aliphatic carbocycles. The van der Waals surface area contributed by atoms with Gasteiger partial charge in [-0.3, -0.25) is 0 Å². The van der Waals surface area contributed by atoms with E-state index in [4.69, 9.17) is 0 Å². The molecule has 0 N–H and O–H groups in total. The highest BCUT2D eigenvalue weighted by Crippen LogP contribution is 2.23. The first-order chi connectivity index (χ1) is 5.79. The Morgan fingerprint density at radius 3 is 1.85 bits per heavy atom. The first-order valence-electron chi connectivity index (χ1n) is 3.26. The summed E-state index contributed by atoms with van der Waals surface area (Å²) in [5, 5.41) is 0. The molecule has 1 saturated heterocycles. The van der Waals surface area contributed by atoms with Gasteiger partial charge in [-0.1, -0.05) is 6.58 Å². The third-order valence-corrected chi connectivity index (χ3v) is 5.42. The maximum Gasteiger partial charge on any atom is 0.289 e. The van der Waals surface area contributed by atoms with E-state index in [0.29, 0.717) is 0 Å². The lowest BCUT2D eigenvalue weighted by atomic mass is 10.6. The second-order valence-corrected chi connectivity index (χ2v) is 6.42. The minimum absolute atomic E-state index is 0.945. The zero-order chi connectivity index (χ0) is 10.3. The molecular formula is C5H8O6S2. The lowest BCUT2D eigenvalue weighted by molar-refractivity contribution is 0.0498. The van der Waals surface area contributed by atoms with Gasteiger partial charge in [0, 0.05) is 0 Å². The fraction of sp³-hybridized carbons (Fsp3) is 0.600. The molecular weight excluding hydrogens is 220 g/mol. The van der Waals surface area contributed by atoms with E-state index in [-0.39, 0.29) is 0 Å². The van der Waals surface area contributed by atoms with Gasteiger partial charge < -0.3 is 0 Å². The molecule has 1 aliphatic heterocycles. The van der Waals surface area contributed by atoms with Crippen molar-refractivity contribution in [3.8, 4) is 0 Å². The summed E-state index contributed by atoms with van der Waals surface area (Å²) in [6.07, 6.45) is -0.507. The fourth-order valence-corrected chi connectivity index (χ4v) is 3.21. The van der Waals surface area contributed by atoms with Crippen LogP contribution in [0.25, 0.3) is 0 Å². The zero-order valence-corrected chi connectivity index (χ0v) is 8.34. The molecule has 0 aromatic heterocycles. The molecule has 1 aliphatic rings. The third kappa shape index (κ3) is 1.90. The van der Waals surface area contributed by atoms with Crippen LogP contribution in [0.5, 0.6) is 0 Å². The highest BCUT2D eigenvalue weighted by atomic mass is 32.3. The first-order valence-corrected chi connectivity index (χ1v) is 6.20. The van der Waals surface area contributed by atoms with Gasteiger partial charge in [0.15, 0.2) is 0 Å².